The molecule has 104 valence electrons. The molecule has 0 aromatic carbocycles. The lowest BCUT2D eigenvalue weighted by atomic mass is 9.68. The third kappa shape index (κ3) is 3.18. The second-order valence-corrected chi connectivity index (χ2v) is 6.54. The highest BCUT2D eigenvalue weighted by atomic mass is 15.3. The van der Waals surface area contributed by atoms with Crippen molar-refractivity contribution in [3.63, 3.8) is 0 Å². The van der Waals surface area contributed by atoms with E-state index in [0.29, 0.717) is 5.41 Å². The Balaban J connectivity index is 1.72. The first-order valence-electron chi connectivity index (χ1n) is 7.61. The minimum absolute atomic E-state index is 0.662. The highest BCUT2D eigenvalue weighted by Crippen LogP contribution is 2.47. The van der Waals surface area contributed by atoms with Crippen molar-refractivity contribution in [2.75, 3.05) is 26.7 Å². The van der Waals surface area contributed by atoms with E-state index in [4.69, 9.17) is 0 Å². The molecule has 0 aromatic rings. The first kappa shape index (κ1) is 13.7. The van der Waals surface area contributed by atoms with E-state index in [-0.39, 0.29) is 0 Å². The third-order valence-corrected chi connectivity index (χ3v) is 4.61. The van der Waals surface area contributed by atoms with E-state index >= 15 is 0 Å². The zero-order valence-electron chi connectivity index (χ0n) is 12.3. The molecule has 2 rings (SSSR count). The van der Waals surface area contributed by atoms with Crippen molar-refractivity contribution in [1.82, 2.24) is 10.2 Å². The van der Waals surface area contributed by atoms with Gasteiger partial charge < -0.3 is 10.2 Å². The predicted molar refractivity (Wildman–Crippen MR) is 77.9 cm³/mol. The van der Waals surface area contributed by atoms with Gasteiger partial charge in [0.15, 0.2) is 5.96 Å². The SMILES string of the molecule is CN=C(NCCCC(C)C)N1CCC2(CCC2)C1. The highest BCUT2D eigenvalue weighted by molar-refractivity contribution is 5.80. The molecule has 0 amide bonds. The molecule has 0 bridgehead atoms. The number of guanidine groups is 1. The van der Waals surface area contributed by atoms with Crippen LogP contribution in [0.2, 0.25) is 0 Å². The minimum Gasteiger partial charge on any atom is -0.356 e. The molecule has 1 saturated carbocycles. The van der Waals surface area contributed by atoms with E-state index < -0.39 is 0 Å². The van der Waals surface area contributed by atoms with Gasteiger partial charge in [0, 0.05) is 26.7 Å². The van der Waals surface area contributed by atoms with Gasteiger partial charge in [0.05, 0.1) is 0 Å². The summed E-state index contributed by atoms with van der Waals surface area (Å²) in [7, 11) is 1.91. The average Bonchev–Trinajstić information content (AvgIpc) is 2.73. The monoisotopic (exact) mass is 251 g/mol. The number of hydrogen-bond acceptors (Lipinski definition) is 1. The molecule has 1 saturated heterocycles. The summed E-state index contributed by atoms with van der Waals surface area (Å²) < 4.78 is 0. The van der Waals surface area contributed by atoms with Gasteiger partial charge in [0.2, 0.25) is 0 Å². The zero-order valence-corrected chi connectivity index (χ0v) is 12.3. The molecule has 1 N–H and O–H groups in total. The van der Waals surface area contributed by atoms with E-state index in [9.17, 15) is 0 Å². The third-order valence-electron chi connectivity index (χ3n) is 4.61. The molecule has 0 unspecified atom stereocenters. The normalized spacial score (nSPS) is 22.7. The summed E-state index contributed by atoms with van der Waals surface area (Å²) in [6.45, 7) is 8.07. The van der Waals surface area contributed by atoms with Crippen LogP contribution in [0.5, 0.6) is 0 Å². The predicted octanol–water partition coefficient (Wildman–Crippen LogP) is 2.87. The largest absolute Gasteiger partial charge is 0.356 e. The minimum atomic E-state index is 0.662. The van der Waals surface area contributed by atoms with E-state index in [1.807, 2.05) is 7.05 Å². The summed E-state index contributed by atoms with van der Waals surface area (Å²) in [5.41, 5.74) is 0.662. The summed E-state index contributed by atoms with van der Waals surface area (Å²) >= 11 is 0. The molecule has 2 fully saturated rings. The van der Waals surface area contributed by atoms with Crippen molar-refractivity contribution in [2.24, 2.45) is 16.3 Å². The van der Waals surface area contributed by atoms with Gasteiger partial charge in [-0.25, -0.2) is 0 Å². The maximum atomic E-state index is 4.44. The lowest BCUT2D eigenvalue weighted by Gasteiger charge is -2.38. The van der Waals surface area contributed by atoms with Crippen LogP contribution in [0.3, 0.4) is 0 Å². The van der Waals surface area contributed by atoms with Gasteiger partial charge in [-0.15, -0.1) is 0 Å². The Morgan fingerprint density at radius 1 is 1.33 bits per heavy atom. The lowest BCUT2D eigenvalue weighted by Crippen LogP contribution is -2.42. The first-order chi connectivity index (χ1) is 8.65. The van der Waals surface area contributed by atoms with Crippen molar-refractivity contribution in [3.05, 3.63) is 0 Å². The van der Waals surface area contributed by atoms with Crippen LogP contribution < -0.4 is 5.32 Å². The maximum absolute atomic E-state index is 4.44. The fourth-order valence-electron chi connectivity index (χ4n) is 3.24. The lowest BCUT2D eigenvalue weighted by molar-refractivity contribution is 0.151. The van der Waals surface area contributed by atoms with Crippen molar-refractivity contribution in [1.29, 1.82) is 0 Å². The molecule has 1 aliphatic carbocycles. The smallest absolute Gasteiger partial charge is 0.193 e. The van der Waals surface area contributed by atoms with E-state index in [0.717, 1.165) is 18.4 Å². The molecule has 0 radical (unpaired) electrons. The van der Waals surface area contributed by atoms with E-state index in [2.05, 4.69) is 29.1 Å². The summed E-state index contributed by atoms with van der Waals surface area (Å²) in [5, 5.41) is 3.53. The summed E-state index contributed by atoms with van der Waals surface area (Å²) in [6, 6.07) is 0. The first-order valence-corrected chi connectivity index (χ1v) is 7.61. The van der Waals surface area contributed by atoms with Gasteiger partial charge in [-0.2, -0.15) is 0 Å². The molecule has 2 aliphatic rings. The summed E-state index contributed by atoms with van der Waals surface area (Å²) in [4.78, 5) is 6.91. The molecule has 1 heterocycles. The number of likely N-dealkylation sites (tertiary alicyclic amines) is 1. The molecule has 18 heavy (non-hydrogen) atoms. The fourth-order valence-corrected chi connectivity index (χ4v) is 3.24. The quantitative estimate of drug-likeness (QED) is 0.473. The van der Waals surface area contributed by atoms with Crippen LogP contribution in [0, 0.1) is 11.3 Å². The second-order valence-electron chi connectivity index (χ2n) is 6.54. The van der Waals surface area contributed by atoms with Crippen LogP contribution in [0.1, 0.15) is 52.4 Å². The van der Waals surface area contributed by atoms with Crippen LogP contribution in [0.4, 0.5) is 0 Å². The number of nitrogens with one attached hydrogen (secondary N) is 1. The van der Waals surface area contributed by atoms with Gasteiger partial charge >= 0.3 is 0 Å². The zero-order chi connectivity index (χ0) is 13.0. The molecular formula is C15H29N3. The molecular weight excluding hydrogens is 222 g/mol. The van der Waals surface area contributed by atoms with Gasteiger partial charge in [0.1, 0.15) is 0 Å². The van der Waals surface area contributed by atoms with Crippen LogP contribution in [-0.4, -0.2) is 37.5 Å². The van der Waals surface area contributed by atoms with Crippen molar-refractivity contribution >= 4 is 5.96 Å². The molecule has 0 aromatic heterocycles. The van der Waals surface area contributed by atoms with Crippen molar-refractivity contribution in [3.8, 4) is 0 Å². The van der Waals surface area contributed by atoms with Gasteiger partial charge in [-0.05, 0) is 43.4 Å². The maximum Gasteiger partial charge on any atom is 0.193 e. The number of nitrogens with zero attached hydrogens (tertiary/aromatic N) is 2. The molecule has 3 heteroatoms. The van der Waals surface area contributed by atoms with E-state index in [1.54, 1.807) is 0 Å². The Morgan fingerprint density at radius 3 is 2.61 bits per heavy atom. The van der Waals surface area contributed by atoms with Crippen molar-refractivity contribution < 1.29 is 0 Å². The summed E-state index contributed by atoms with van der Waals surface area (Å²) in [5.74, 6) is 1.93. The molecule has 1 spiro atoms. The molecule has 0 atom stereocenters. The van der Waals surface area contributed by atoms with Crippen molar-refractivity contribution in [2.45, 2.75) is 52.4 Å². The Hall–Kier alpha value is -0.730. The average molecular weight is 251 g/mol. The molecule has 3 nitrogen and oxygen atoms in total. The Morgan fingerprint density at radius 2 is 2.11 bits per heavy atom. The van der Waals surface area contributed by atoms with Crippen LogP contribution >= 0.6 is 0 Å². The topological polar surface area (TPSA) is 27.6 Å². The van der Waals surface area contributed by atoms with Crippen LogP contribution in [-0.2, 0) is 0 Å². The number of aliphatic imine (C=N–C) groups is 1. The van der Waals surface area contributed by atoms with E-state index in [1.165, 1.54) is 51.6 Å². The fraction of sp³-hybridized carbons (Fsp3) is 0.933. The summed E-state index contributed by atoms with van der Waals surface area (Å²) in [6.07, 6.45) is 8.24. The van der Waals surface area contributed by atoms with Gasteiger partial charge in [0.25, 0.3) is 0 Å². The second kappa shape index (κ2) is 5.94. The number of rotatable bonds is 4. The van der Waals surface area contributed by atoms with Gasteiger partial charge in [-0.1, -0.05) is 20.3 Å². The van der Waals surface area contributed by atoms with Crippen LogP contribution in [0.15, 0.2) is 4.99 Å². The Bertz CT molecular complexity index is 292. The number of hydrogen-bond donors (Lipinski definition) is 1. The Kier molecular flexibility index (Phi) is 4.52. The highest BCUT2D eigenvalue weighted by Gasteiger charge is 2.43. The standard InChI is InChI=1S/C15H29N3/c1-13(2)6-4-10-17-14(16-3)18-11-9-15(12-18)7-5-8-15/h13H,4-12H2,1-3H3,(H,16,17). The van der Waals surface area contributed by atoms with Gasteiger partial charge in [-0.3, -0.25) is 4.99 Å². The molecule has 1 aliphatic heterocycles. The van der Waals surface area contributed by atoms with Crippen LogP contribution in [0.25, 0.3) is 0 Å². The Labute approximate surface area is 112 Å².